The van der Waals surface area contributed by atoms with Gasteiger partial charge in [-0.25, -0.2) is 9.78 Å². The van der Waals surface area contributed by atoms with E-state index in [0.29, 0.717) is 28.9 Å². The molecule has 3 N–H and O–H groups in total. The van der Waals surface area contributed by atoms with E-state index in [1.165, 1.54) is 10.5 Å². The Morgan fingerprint density at radius 3 is 2.44 bits per heavy atom. The average Bonchev–Trinajstić information content (AvgIpc) is 3.54. The Bertz CT molecular complexity index is 1640. The molecule has 1 fully saturated rings. The number of fused-ring (bicyclic) bond motifs is 1. The maximum Gasteiger partial charge on any atom is 0.326 e. The van der Waals surface area contributed by atoms with Crippen molar-refractivity contribution in [3.05, 3.63) is 87.8 Å². The van der Waals surface area contributed by atoms with Crippen molar-refractivity contribution in [2.45, 2.75) is 51.9 Å². The number of aliphatic hydroxyl groups is 1. The fraction of sp³-hybridized carbons (Fsp3) is 0.333. The highest BCUT2D eigenvalue weighted by atomic mass is 35.5. The lowest BCUT2D eigenvalue weighted by Gasteiger charge is -2.32. The van der Waals surface area contributed by atoms with E-state index in [9.17, 15) is 24.6 Å². The third-order valence-corrected chi connectivity index (χ3v) is 7.55. The molecule has 1 amide bonds. The molecule has 214 valence electrons. The van der Waals surface area contributed by atoms with Crippen LogP contribution in [-0.4, -0.2) is 60.8 Å². The van der Waals surface area contributed by atoms with Crippen molar-refractivity contribution < 1.29 is 19.8 Å². The predicted octanol–water partition coefficient (Wildman–Crippen LogP) is 3.42. The third-order valence-electron chi connectivity index (χ3n) is 7.29. The number of carbonyl (C=O) groups excluding carboxylic acids is 1. The molecule has 41 heavy (non-hydrogen) atoms. The SMILES string of the molecule is CC(C)(C)[C@H](NC(=O)[C@@H]1C[C@@H](O)CN1c1cc(=O)n2cc(-c3ccc(Cl)cc3)nc2n1Cc1ccccc1)C(=O)O. The number of halogens is 1. The second-order valence-corrected chi connectivity index (χ2v) is 11.9. The van der Waals surface area contributed by atoms with Crippen molar-refractivity contribution in [1.82, 2.24) is 19.3 Å². The van der Waals surface area contributed by atoms with Crippen LogP contribution in [0.2, 0.25) is 5.02 Å². The maximum absolute atomic E-state index is 13.5. The van der Waals surface area contributed by atoms with Crippen LogP contribution in [0.3, 0.4) is 0 Å². The molecule has 1 aliphatic rings. The number of rotatable bonds is 7. The number of benzene rings is 2. The number of carbonyl (C=O) groups is 2. The van der Waals surface area contributed by atoms with E-state index in [1.54, 1.807) is 44.0 Å². The molecule has 3 atom stereocenters. The summed E-state index contributed by atoms with van der Waals surface area (Å²) in [6, 6.07) is 16.2. The van der Waals surface area contributed by atoms with Crippen LogP contribution in [-0.2, 0) is 16.1 Å². The van der Waals surface area contributed by atoms with Gasteiger partial charge in [-0.3, -0.25) is 18.6 Å². The number of hydrogen-bond donors (Lipinski definition) is 3. The van der Waals surface area contributed by atoms with Gasteiger partial charge in [-0.1, -0.05) is 74.8 Å². The van der Waals surface area contributed by atoms with E-state index in [0.717, 1.165) is 11.1 Å². The first-order valence-corrected chi connectivity index (χ1v) is 13.7. The van der Waals surface area contributed by atoms with Gasteiger partial charge in [-0.2, -0.15) is 0 Å². The number of hydrogen-bond acceptors (Lipinski definition) is 6. The molecule has 2 aromatic heterocycles. The zero-order valence-electron chi connectivity index (χ0n) is 23.0. The number of nitrogens with one attached hydrogen (secondary N) is 1. The molecule has 1 aliphatic heterocycles. The van der Waals surface area contributed by atoms with E-state index >= 15 is 0 Å². The number of β-amino-alcohol motifs (C(OH)–C–C–N with tert-alkyl or cyclic N) is 1. The highest BCUT2D eigenvalue weighted by Gasteiger charge is 2.41. The number of carboxylic acid groups (broad SMARTS) is 1. The average molecular weight is 578 g/mol. The summed E-state index contributed by atoms with van der Waals surface area (Å²) in [6.45, 7) is 5.61. The van der Waals surface area contributed by atoms with Gasteiger partial charge in [0.05, 0.1) is 18.3 Å². The lowest BCUT2D eigenvalue weighted by atomic mass is 9.86. The van der Waals surface area contributed by atoms with Gasteiger partial charge in [0.25, 0.3) is 5.56 Å². The Labute approximate surface area is 241 Å². The van der Waals surface area contributed by atoms with Gasteiger partial charge < -0.3 is 20.4 Å². The molecule has 0 aliphatic carbocycles. The molecular weight excluding hydrogens is 546 g/mol. The van der Waals surface area contributed by atoms with Crippen LogP contribution in [0.1, 0.15) is 32.8 Å². The quantitative estimate of drug-likeness (QED) is 0.307. The summed E-state index contributed by atoms with van der Waals surface area (Å²) in [5.74, 6) is -0.919. The summed E-state index contributed by atoms with van der Waals surface area (Å²) in [6.07, 6.45) is 0.887. The second kappa shape index (κ2) is 11.0. The van der Waals surface area contributed by atoms with E-state index in [2.05, 4.69) is 5.32 Å². The highest BCUT2D eigenvalue weighted by Crippen LogP contribution is 2.30. The maximum atomic E-state index is 13.5. The fourth-order valence-electron chi connectivity index (χ4n) is 5.20. The minimum Gasteiger partial charge on any atom is -0.480 e. The molecule has 1 saturated heterocycles. The van der Waals surface area contributed by atoms with Gasteiger partial charge in [-0.05, 0) is 23.1 Å². The smallest absolute Gasteiger partial charge is 0.326 e. The van der Waals surface area contributed by atoms with Crippen LogP contribution in [0.5, 0.6) is 0 Å². The molecule has 11 heteroatoms. The Kier molecular flexibility index (Phi) is 7.63. The summed E-state index contributed by atoms with van der Waals surface area (Å²) in [5, 5.41) is 23.7. The van der Waals surface area contributed by atoms with Crippen molar-refractivity contribution in [2.75, 3.05) is 11.4 Å². The van der Waals surface area contributed by atoms with Gasteiger partial charge in [0.1, 0.15) is 17.9 Å². The first-order chi connectivity index (χ1) is 19.4. The van der Waals surface area contributed by atoms with E-state index in [-0.39, 0.29) is 18.5 Å². The van der Waals surface area contributed by atoms with Crippen molar-refractivity contribution in [3.8, 4) is 11.3 Å². The molecule has 0 unspecified atom stereocenters. The van der Waals surface area contributed by atoms with Crippen LogP contribution >= 0.6 is 11.6 Å². The van der Waals surface area contributed by atoms with Crippen LogP contribution in [0, 0.1) is 5.41 Å². The Hall–Kier alpha value is -4.15. The second-order valence-electron chi connectivity index (χ2n) is 11.4. The number of nitrogens with zero attached hydrogens (tertiary/aromatic N) is 4. The first kappa shape index (κ1) is 28.4. The van der Waals surface area contributed by atoms with Gasteiger partial charge in [-0.15, -0.1) is 0 Å². The number of aliphatic hydroxyl groups excluding tert-OH is 1. The Balaban J connectivity index is 1.63. The largest absolute Gasteiger partial charge is 0.480 e. The fourth-order valence-corrected chi connectivity index (χ4v) is 5.33. The number of carboxylic acids is 1. The topological polar surface area (TPSA) is 129 Å². The monoisotopic (exact) mass is 577 g/mol. The van der Waals surface area contributed by atoms with Crippen LogP contribution in [0.15, 0.2) is 71.7 Å². The first-order valence-electron chi connectivity index (χ1n) is 13.3. The van der Waals surface area contributed by atoms with Crippen molar-refractivity contribution in [1.29, 1.82) is 0 Å². The number of aliphatic carboxylic acids is 1. The van der Waals surface area contributed by atoms with Crippen molar-refractivity contribution >= 4 is 35.1 Å². The molecule has 0 saturated carbocycles. The zero-order chi connectivity index (χ0) is 29.5. The zero-order valence-corrected chi connectivity index (χ0v) is 23.7. The van der Waals surface area contributed by atoms with Crippen molar-refractivity contribution in [2.24, 2.45) is 5.41 Å². The lowest BCUT2D eigenvalue weighted by molar-refractivity contribution is -0.145. The van der Waals surface area contributed by atoms with Gasteiger partial charge in [0.15, 0.2) is 0 Å². The molecular formula is C30H32ClN5O5. The molecule has 5 rings (SSSR count). The summed E-state index contributed by atoms with van der Waals surface area (Å²) in [7, 11) is 0. The predicted molar refractivity (Wildman–Crippen MR) is 156 cm³/mol. The van der Waals surface area contributed by atoms with E-state index in [1.807, 2.05) is 47.0 Å². The molecule has 10 nitrogen and oxygen atoms in total. The molecule has 0 bridgehead atoms. The molecule has 0 spiro atoms. The standard InChI is InChI=1S/C30H32ClN5O5/c1-30(2,3)26(28(40)41)33-27(39)23-13-21(37)16-34(23)24-14-25(38)36-17-22(19-9-11-20(31)12-10-19)32-29(36)35(24)15-18-7-5-4-6-8-18/h4-12,14,17,21,23,26,37H,13,15-16H2,1-3H3,(H,33,39)(H,40,41)/t21-,23+,26-/m1/s1. The third kappa shape index (κ3) is 5.84. The van der Waals surface area contributed by atoms with Gasteiger partial charge in [0.2, 0.25) is 11.7 Å². The summed E-state index contributed by atoms with van der Waals surface area (Å²) >= 11 is 6.07. The van der Waals surface area contributed by atoms with Crippen LogP contribution < -0.4 is 15.8 Å². The summed E-state index contributed by atoms with van der Waals surface area (Å²) < 4.78 is 3.30. The Morgan fingerprint density at radius 1 is 1.12 bits per heavy atom. The summed E-state index contributed by atoms with van der Waals surface area (Å²) in [4.78, 5) is 45.4. The van der Waals surface area contributed by atoms with Crippen LogP contribution in [0.25, 0.3) is 17.0 Å². The highest BCUT2D eigenvalue weighted by molar-refractivity contribution is 6.30. The van der Waals surface area contributed by atoms with Gasteiger partial charge >= 0.3 is 5.97 Å². The summed E-state index contributed by atoms with van der Waals surface area (Å²) in [5.41, 5.74) is 1.19. The number of anilines is 1. The van der Waals surface area contributed by atoms with Crippen LogP contribution in [0.4, 0.5) is 5.82 Å². The molecule has 3 heterocycles. The number of aromatic nitrogens is 3. The molecule has 2 aromatic carbocycles. The normalized spacial score (nSPS) is 18.0. The minimum atomic E-state index is -1.15. The van der Waals surface area contributed by atoms with E-state index in [4.69, 9.17) is 16.6 Å². The lowest BCUT2D eigenvalue weighted by Crippen LogP contribution is -2.54. The van der Waals surface area contributed by atoms with Gasteiger partial charge in [0, 0.05) is 35.8 Å². The molecule has 0 radical (unpaired) electrons. The number of imidazole rings is 1. The Morgan fingerprint density at radius 2 is 1.80 bits per heavy atom. The van der Waals surface area contributed by atoms with E-state index < -0.39 is 35.5 Å². The van der Waals surface area contributed by atoms with Crippen molar-refractivity contribution in [3.63, 3.8) is 0 Å². The minimum absolute atomic E-state index is 0.0808. The number of amides is 1. The molecule has 4 aromatic rings.